The van der Waals surface area contributed by atoms with Crippen molar-refractivity contribution < 1.29 is 4.42 Å². The summed E-state index contributed by atoms with van der Waals surface area (Å²) >= 11 is 7.27. The fourth-order valence-corrected chi connectivity index (χ4v) is 4.20. The van der Waals surface area contributed by atoms with Gasteiger partial charge < -0.3 is 9.32 Å². The number of hydrogen-bond acceptors (Lipinski definition) is 6. The monoisotopic (exact) mass is 382 g/mol. The molecule has 26 heavy (non-hydrogen) atoms. The van der Waals surface area contributed by atoms with Crippen LogP contribution in [0.5, 0.6) is 0 Å². The second kappa shape index (κ2) is 6.45. The highest BCUT2D eigenvalue weighted by Gasteiger charge is 2.23. The van der Waals surface area contributed by atoms with Gasteiger partial charge in [-0.05, 0) is 24.1 Å². The maximum absolute atomic E-state index is 5.82. The number of para-hydroxylation sites is 1. The highest BCUT2D eigenvalue weighted by molar-refractivity contribution is 7.99. The summed E-state index contributed by atoms with van der Waals surface area (Å²) in [6.45, 7) is 0.916. The Hall–Kier alpha value is -2.31. The maximum atomic E-state index is 5.82. The average molecular weight is 383 g/mol. The maximum Gasteiger partial charge on any atom is 0.256 e. The minimum absolute atomic E-state index is 0.565. The van der Waals surface area contributed by atoms with Gasteiger partial charge in [0.15, 0.2) is 5.58 Å². The number of nitrogens with zero attached hydrogens (tertiary/aromatic N) is 4. The first kappa shape index (κ1) is 15.9. The SMILES string of the molecule is ClCCSc1nc2cc3c(N4CCc5ccccc54)ncnc3cc2o1. The fraction of sp³-hybridized carbons (Fsp3) is 0.211. The second-order valence-corrected chi connectivity index (χ2v) is 7.51. The Morgan fingerprint density at radius 3 is 3.00 bits per heavy atom. The molecule has 7 heteroatoms. The van der Waals surface area contributed by atoms with Gasteiger partial charge in [0.2, 0.25) is 0 Å². The van der Waals surface area contributed by atoms with Crippen molar-refractivity contribution in [2.24, 2.45) is 0 Å². The topological polar surface area (TPSA) is 55.1 Å². The lowest BCUT2D eigenvalue weighted by atomic mass is 10.1. The lowest BCUT2D eigenvalue weighted by Crippen LogP contribution is -2.15. The van der Waals surface area contributed by atoms with Crippen molar-refractivity contribution in [3.8, 4) is 0 Å². The molecule has 4 aromatic rings. The summed E-state index contributed by atoms with van der Waals surface area (Å²) in [6, 6.07) is 12.4. The first-order valence-corrected chi connectivity index (χ1v) is 9.95. The van der Waals surface area contributed by atoms with Crippen LogP contribution in [0.2, 0.25) is 0 Å². The Morgan fingerprint density at radius 2 is 2.08 bits per heavy atom. The van der Waals surface area contributed by atoms with Crippen molar-refractivity contribution in [3.05, 3.63) is 48.3 Å². The number of fused-ring (bicyclic) bond motifs is 3. The number of halogens is 1. The van der Waals surface area contributed by atoms with Crippen molar-refractivity contribution in [3.63, 3.8) is 0 Å². The van der Waals surface area contributed by atoms with Crippen molar-refractivity contribution in [2.75, 3.05) is 23.1 Å². The van der Waals surface area contributed by atoms with Gasteiger partial charge in [0.05, 0.1) is 5.52 Å². The molecule has 1 aliphatic rings. The van der Waals surface area contributed by atoms with Crippen LogP contribution in [0.25, 0.3) is 22.0 Å². The van der Waals surface area contributed by atoms with E-state index in [0.29, 0.717) is 11.1 Å². The molecule has 3 heterocycles. The molecule has 5 nitrogen and oxygen atoms in total. The van der Waals surface area contributed by atoms with Gasteiger partial charge in [0, 0.05) is 35.3 Å². The number of benzene rings is 2. The van der Waals surface area contributed by atoms with Gasteiger partial charge >= 0.3 is 0 Å². The summed E-state index contributed by atoms with van der Waals surface area (Å²) in [7, 11) is 0. The highest BCUT2D eigenvalue weighted by Crippen LogP contribution is 2.37. The Bertz CT molecular complexity index is 1110. The number of thioether (sulfide) groups is 1. The average Bonchev–Trinajstić information content (AvgIpc) is 3.27. The second-order valence-electron chi connectivity index (χ2n) is 6.08. The molecule has 2 aromatic heterocycles. The number of hydrogen-bond donors (Lipinski definition) is 0. The van der Waals surface area contributed by atoms with Crippen LogP contribution in [-0.2, 0) is 6.42 Å². The first-order chi connectivity index (χ1) is 12.8. The van der Waals surface area contributed by atoms with Crippen LogP contribution in [-0.4, -0.2) is 33.1 Å². The number of rotatable bonds is 4. The van der Waals surface area contributed by atoms with E-state index in [-0.39, 0.29) is 0 Å². The molecule has 2 aromatic carbocycles. The van der Waals surface area contributed by atoms with Crippen LogP contribution in [0.4, 0.5) is 11.5 Å². The van der Waals surface area contributed by atoms with Crippen LogP contribution >= 0.6 is 23.4 Å². The molecular weight excluding hydrogens is 368 g/mol. The largest absolute Gasteiger partial charge is 0.431 e. The predicted octanol–water partition coefficient (Wildman–Crippen LogP) is 4.80. The van der Waals surface area contributed by atoms with Crippen LogP contribution in [0.15, 0.2) is 52.4 Å². The summed E-state index contributed by atoms with van der Waals surface area (Å²) in [5.74, 6) is 2.25. The van der Waals surface area contributed by atoms with E-state index in [0.717, 1.165) is 46.5 Å². The van der Waals surface area contributed by atoms with Gasteiger partial charge in [-0.15, -0.1) is 11.6 Å². The molecule has 0 unspecified atom stereocenters. The molecule has 0 spiro atoms. The molecule has 130 valence electrons. The number of anilines is 2. The minimum Gasteiger partial charge on any atom is -0.431 e. The minimum atomic E-state index is 0.565. The quantitative estimate of drug-likeness (QED) is 0.373. The summed E-state index contributed by atoms with van der Waals surface area (Å²) in [6.07, 6.45) is 2.64. The Balaban J connectivity index is 1.64. The van der Waals surface area contributed by atoms with Crippen molar-refractivity contribution in [1.29, 1.82) is 0 Å². The van der Waals surface area contributed by atoms with E-state index >= 15 is 0 Å². The van der Waals surface area contributed by atoms with Gasteiger partial charge in [-0.1, -0.05) is 30.0 Å². The summed E-state index contributed by atoms with van der Waals surface area (Å²) in [5.41, 5.74) is 4.98. The van der Waals surface area contributed by atoms with Gasteiger partial charge in [0.25, 0.3) is 5.22 Å². The summed E-state index contributed by atoms with van der Waals surface area (Å²) < 4.78 is 5.82. The fourth-order valence-electron chi connectivity index (χ4n) is 3.40. The zero-order valence-electron chi connectivity index (χ0n) is 13.9. The van der Waals surface area contributed by atoms with Crippen LogP contribution in [0, 0.1) is 0 Å². The van der Waals surface area contributed by atoms with Crippen molar-refractivity contribution in [2.45, 2.75) is 11.6 Å². The van der Waals surface area contributed by atoms with E-state index in [4.69, 9.17) is 16.0 Å². The van der Waals surface area contributed by atoms with E-state index in [9.17, 15) is 0 Å². The molecule has 0 saturated heterocycles. The van der Waals surface area contributed by atoms with Gasteiger partial charge in [-0.2, -0.15) is 0 Å². The number of alkyl halides is 1. The third-order valence-corrected chi connectivity index (χ3v) is 5.79. The molecule has 0 saturated carbocycles. The lowest BCUT2D eigenvalue weighted by molar-refractivity contribution is 0.490. The Kier molecular flexibility index (Phi) is 3.94. The standard InChI is InChI=1S/C19H15ClN4OS/c20-6-8-26-19-23-15-9-13-14(10-17(15)25-19)21-11-22-18(13)24-7-5-12-3-1-2-4-16(12)24/h1-4,9-11H,5-8H2. The zero-order valence-corrected chi connectivity index (χ0v) is 15.4. The third kappa shape index (κ3) is 2.61. The summed E-state index contributed by atoms with van der Waals surface area (Å²) in [5, 5.41) is 1.62. The number of oxazole rings is 1. The van der Waals surface area contributed by atoms with Gasteiger partial charge in [0.1, 0.15) is 17.7 Å². The first-order valence-electron chi connectivity index (χ1n) is 8.43. The summed E-state index contributed by atoms with van der Waals surface area (Å²) in [4.78, 5) is 15.9. The molecule has 0 bridgehead atoms. The van der Waals surface area contributed by atoms with Crippen molar-refractivity contribution >= 4 is 56.9 Å². The van der Waals surface area contributed by atoms with Crippen molar-refractivity contribution in [1.82, 2.24) is 15.0 Å². The Labute approximate surface area is 159 Å². The highest BCUT2D eigenvalue weighted by atomic mass is 35.5. The van der Waals surface area contributed by atoms with Crippen LogP contribution < -0.4 is 4.90 Å². The number of aromatic nitrogens is 3. The Morgan fingerprint density at radius 1 is 1.15 bits per heavy atom. The molecule has 0 amide bonds. The molecule has 1 aliphatic heterocycles. The molecule has 0 radical (unpaired) electrons. The van der Waals surface area contributed by atoms with E-state index in [1.165, 1.54) is 23.0 Å². The molecular formula is C19H15ClN4OS. The molecule has 0 aliphatic carbocycles. The normalized spacial score (nSPS) is 13.7. The van der Waals surface area contributed by atoms with E-state index in [1.807, 2.05) is 12.1 Å². The zero-order chi connectivity index (χ0) is 17.5. The van der Waals surface area contributed by atoms with Crippen LogP contribution in [0.1, 0.15) is 5.56 Å². The third-order valence-electron chi connectivity index (χ3n) is 4.55. The molecule has 5 rings (SSSR count). The predicted molar refractivity (Wildman–Crippen MR) is 106 cm³/mol. The van der Waals surface area contributed by atoms with E-state index in [2.05, 4.69) is 44.1 Å². The smallest absolute Gasteiger partial charge is 0.256 e. The molecule has 0 fully saturated rings. The van der Waals surface area contributed by atoms with Gasteiger partial charge in [-0.25, -0.2) is 15.0 Å². The van der Waals surface area contributed by atoms with E-state index < -0.39 is 0 Å². The molecule has 0 N–H and O–H groups in total. The van der Waals surface area contributed by atoms with Gasteiger partial charge in [-0.3, -0.25) is 0 Å². The van der Waals surface area contributed by atoms with E-state index in [1.54, 1.807) is 6.33 Å². The molecule has 0 atom stereocenters. The van der Waals surface area contributed by atoms with Crippen LogP contribution in [0.3, 0.4) is 0 Å². The lowest BCUT2D eigenvalue weighted by Gasteiger charge is -2.19.